The highest BCUT2D eigenvalue weighted by Crippen LogP contribution is 2.24. The van der Waals surface area contributed by atoms with Gasteiger partial charge in [0.1, 0.15) is 0 Å². The molecule has 1 saturated carbocycles. The Morgan fingerprint density at radius 2 is 2.05 bits per heavy atom. The second-order valence-corrected chi connectivity index (χ2v) is 5.86. The van der Waals surface area contributed by atoms with Crippen LogP contribution in [0.5, 0.6) is 0 Å². The van der Waals surface area contributed by atoms with Gasteiger partial charge < -0.3 is 10.4 Å². The topological polar surface area (TPSA) is 78.0 Å². The third-order valence-corrected chi connectivity index (χ3v) is 4.35. The van der Waals surface area contributed by atoms with Gasteiger partial charge >= 0.3 is 0 Å². The van der Waals surface area contributed by atoms with E-state index < -0.39 is 0 Å². The van der Waals surface area contributed by atoms with Gasteiger partial charge in [-0.05, 0) is 37.7 Å². The normalized spacial score (nSPS) is 22.3. The number of aliphatic hydroxyl groups excluding tert-OH is 1. The van der Waals surface area contributed by atoms with Crippen molar-refractivity contribution in [2.45, 2.75) is 38.1 Å². The molecule has 1 amide bonds. The molecule has 1 aliphatic rings. The predicted octanol–water partition coefficient (Wildman–Crippen LogP) is 1.77. The Hall–Kier alpha value is -1.88. The molecule has 1 aromatic heterocycles. The van der Waals surface area contributed by atoms with E-state index >= 15 is 0 Å². The fourth-order valence-corrected chi connectivity index (χ4v) is 3.08. The van der Waals surface area contributed by atoms with Crippen molar-refractivity contribution >= 4 is 16.8 Å². The Balaban J connectivity index is 1.57. The summed E-state index contributed by atoms with van der Waals surface area (Å²) in [7, 11) is 0. The number of amides is 1. The first-order valence-electron chi connectivity index (χ1n) is 7.58. The molecule has 0 aliphatic heterocycles. The third-order valence-electron chi connectivity index (χ3n) is 4.35. The van der Waals surface area contributed by atoms with E-state index in [0.717, 1.165) is 42.3 Å². The van der Waals surface area contributed by atoms with Gasteiger partial charge in [0.2, 0.25) is 5.91 Å². The third kappa shape index (κ3) is 3.24. The van der Waals surface area contributed by atoms with E-state index in [1.165, 1.54) is 0 Å². The van der Waals surface area contributed by atoms with Crippen molar-refractivity contribution in [3.8, 4) is 0 Å². The van der Waals surface area contributed by atoms with Gasteiger partial charge in [-0.1, -0.05) is 18.2 Å². The lowest BCUT2D eigenvalue weighted by molar-refractivity contribution is -0.121. The number of aliphatic hydroxyl groups is 1. The highest BCUT2D eigenvalue weighted by atomic mass is 16.3. The van der Waals surface area contributed by atoms with E-state index in [2.05, 4.69) is 15.5 Å². The Morgan fingerprint density at radius 3 is 2.81 bits per heavy atom. The molecule has 1 heterocycles. The van der Waals surface area contributed by atoms with Gasteiger partial charge in [-0.25, -0.2) is 0 Å². The quantitative estimate of drug-likeness (QED) is 0.802. The summed E-state index contributed by atoms with van der Waals surface area (Å²) in [5, 5.41) is 20.4. The molecule has 3 N–H and O–H groups in total. The number of rotatable bonds is 4. The number of hydrogen-bond donors (Lipinski definition) is 3. The molecular weight excluding hydrogens is 266 g/mol. The van der Waals surface area contributed by atoms with Crippen LogP contribution in [0.25, 0.3) is 10.9 Å². The van der Waals surface area contributed by atoms with E-state index in [1.54, 1.807) is 0 Å². The molecule has 0 bridgehead atoms. The molecule has 112 valence electrons. The summed E-state index contributed by atoms with van der Waals surface area (Å²) in [5.74, 6) is 0.451. The van der Waals surface area contributed by atoms with Gasteiger partial charge in [0.15, 0.2) is 0 Å². The Morgan fingerprint density at radius 1 is 1.29 bits per heavy atom. The Kier molecular flexibility index (Phi) is 4.20. The zero-order chi connectivity index (χ0) is 14.7. The highest BCUT2D eigenvalue weighted by molar-refractivity contribution is 5.87. The zero-order valence-electron chi connectivity index (χ0n) is 12.0. The molecule has 0 saturated heterocycles. The minimum Gasteiger partial charge on any atom is -0.396 e. The molecule has 3 rings (SSSR count). The van der Waals surface area contributed by atoms with Crippen LogP contribution in [0.3, 0.4) is 0 Å². The van der Waals surface area contributed by atoms with E-state index in [1.807, 2.05) is 24.3 Å². The smallest absolute Gasteiger partial charge is 0.226 e. The van der Waals surface area contributed by atoms with Crippen LogP contribution >= 0.6 is 0 Å². The number of aromatic amines is 1. The molecule has 2 aromatic rings. The van der Waals surface area contributed by atoms with Crippen LogP contribution < -0.4 is 5.32 Å². The number of para-hydroxylation sites is 1. The summed E-state index contributed by atoms with van der Waals surface area (Å²) in [5.41, 5.74) is 1.76. The molecule has 1 aromatic carbocycles. The molecular formula is C16H21N3O2. The molecule has 0 unspecified atom stereocenters. The summed E-state index contributed by atoms with van der Waals surface area (Å²) in [6.45, 7) is 0.265. The van der Waals surface area contributed by atoms with Crippen molar-refractivity contribution in [3.63, 3.8) is 0 Å². The zero-order valence-corrected chi connectivity index (χ0v) is 12.0. The molecule has 5 heteroatoms. The van der Waals surface area contributed by atoms with E-state index in [9.17, 15) is 4.79 Å². The maximum atomic E-state index is 12.2. The minimum absolute atomic E-state index is 0.0388. The van der Waals surface area contributed by atoms with Crippen LogP contribution in [0, 0.1) is 5.92 Å². The Bertz CT molecular complexity index is 615. The number of aromatic nitrogens is 2. The highest BCUT2D eigenvalue weighted by Gasteiger charge is 2.22. The maximum absolute atomic E-state index is 12.2. The lowest BCUT2D eigenvalue weighted by atomic mass is 9.86. The number of carbonyl (C=O) groups is 1. The van der Waals surface area contributed by atoms with Crippen molar-refractivity contribution < 1.29 is 9.90 Å². The first-order valence-corrected chi connectivity index (χ1v) is 7.58. The number of nitrogens with one attached hydrogen (secondary N) is 2. The number of hydrogen-bond acceptors (Lipinski definition) is 3. The molecule has 0 radical (unpaired) electrons. The number of benzene rings is 1. The van der Waals surface area contributed by atoms with Crippen LogP contribution in [0.1, 0.15) is 31.4 Å². The molecule has 5 nitrogen and oxygen atoms in total. The molecule has 1 fully saturated rings. The second-order valence-electron chi connectivity index (χ2n) is 5.86. The van der Waals surface area contributed by atoms with Gasteiger partial charge in [-0.3, -0.25) is 9.89 Å². The minimum atomic E-state index is 0.0388. The van der Waals surface area contributed by atoms with Crippen LogP contribution in [-0.2, 0) is 11.2 Å². The van der Waals surface area contributed by atoms with Gasteiger partial charge in [0.25, 0.3) is 0 Å². The molecule has 0 spiro atoms. The second kappa shape index (κ2) is 6.26. The van der Waals surface area contributed by atoms with E-state index in [0.29, 0.717) is 12.3 Å². The lowest BCUT2D eigenvalue weighted by Gasteiger charge is -2.27. The van der Waals surface area contributed by atoms with Gasteiger partial charge in [0.05, 0.1) is 17.6 Å². The average molecular weight is 287 g/mol. The maximum Gasteiger partial charge on any atom is 0.226 e. The lowest BCUT2D eigenvalue weighted by Crippen LogP contribution is -2.38. The summed E-state index contributed by atoms with van der Waals surface area (Å²) in [6, 6.07) is 8.05. The van der Waals surface area contributed by atoms with E-state index in [4.69, 9.17) is 5.11 Å². The summed E-state index contributed by atoms with van der Waals surface area (Å²) < 4.78 is 0. The fourth-order valence-electron chi connectivity index (χ4n) is 3.08. The van der Waals surface area contributed by atoms with Crippen molar-refractivity contribution in [1.29, 1.82) is 0 Å². The van der Waals surface area contributed by atoms with Crippen LogP contribution in [0.2, 0.25) is 0 Å². The molecule has 0 atom stereocenters. The van der Waals surface area contributed by atoms with Crippen LogP contribution in [-0.4, -0.2) is 33.9 Å². The SMILES string of the molecule is O=C(Cc1[nH]nc2ccccc12)NC1CCC(CO)CC1. The average Bonchev–Trinajstić information content (AvgIpc) is 2.91. The standard InChI is InChI=1S/C16H21N3O2/c20-10-11-5-7-12(8-6-11)17-16(21)9-15-13-3-1-2-4-14(13)18-19-15/h1-4,11-12,20H,5-10H2,(H,17,21)(H,18,19). The van der Waals surface area contributed by atoms with Crippen molar-refractivity contribution in [1.82, 2.24) is 15.5 Å². The monoisotopic (exact) mass is 287 g/mol. The largest absolute Gasteiger partial charge is 0.396 e. The number of fused-ring (bicyclic) bond motifs is 1. The van der Waals surface area contributed by atoms with Gasteiger partial charge in [-0.15, -0.1) is 0 Å². The summed E-state index contributed by atoms with van der Waals surface area (Å²) in [6.07, 6.45) is 4.24. The molecule has 1 aliphatic carbocycles. The number of H-pyrrole nitrogens is 1. The first-order chi connectivity index (χ1) is 10.3. The van der Waals surface area contributed by atoms with E-state index in [-0.39, 0.29) is 18.6 Å². The predicted molar refractivity (Wildman–Crippen MR) is 80.8 cm³/mol. The van der Waals surface area contributed by atoms with Gasteiger partial charge in [-0.2, -0.15) is 5.10 Å². The summed E-state index contributed by atoms with van der Waals surface area (Å²) >= 11 is 0. The fraction of sp³-hybridized carbons (Fsp3) is 0.500. The Labute approximate surface area is 123 Å². The van der Waals surface area contributed by atoms with Gasteiger partial charge in [0, 0.05) is 18.0 Å². The number of nitrogens with zero attached hydrogens (tertiary/aromatic N) is 1. The van der Waals surface area contributed by atoms with Crippen LogP contribution in [0.4, 0.5) is 0 Å². The van der Waals surface area contributed by atoms with Crippen molar-refractivity contribution in [2.24, 2.45) is 5.92 Å². The number of carbonyl (C=O) groups excluding carboxylic acids is 1. The first kappa shape index (κ1) is 14.1. The van der Waals surface area contributed by atoms with Crippen molar-refractivity contribution in [2.75, 3.05) is 6.61 Å². The van der Waals surface area contributed by atoms with Crippen molar-refractivity contribution in [3.05, 3.63) is 30.0 Å². The summed E-state index contributed by atoms with van der Waals surface area (Å²) in [4.78, 5) is 12.2. The molecule has 21 heavy (non-hydrogen) atoms. The van der Waals surface area contributed by atoms with Crippen LogP contribution in [0.15, 0.2) is 24.3 Å².